The van der Waals surface area contributed by atoms with Crippen molar-refractivity contribution in [2.75, 3.05) is 6.61 Å². The molecule has 0 aliphatic heterocycles. The number of ketones is 1. The summed E-state index contributed by atoms with van der Waals surface area (Å²) in [6.07, 6.45) is 11.3. The zero-order valence-corrected chi connectivity index (χ0v) is 18.7. The van der Waals surface area contributed by atoms with Gasteiger partial charge in [-0.25, -0.2) is 0 Å². The Morgan fingerprint density at radius 2 is 1.76 bits per heavy atom. The van der Waals surface area contributed by atoms with Crippen LogP contribution in [-0.4, -0.2) is 28.2 Å². The highest BCUT2D eigenvalue weighted by atomic mass is 16.3. The van der Waals surface area contributed by atoms with E-state index in [9.17, 15) is 9.90 Å². The summed E-state index contributed by atoms with van der Waals surface area (Å²) in [7, 11) is 0. The molecular formula is C26H40O3. The van der Waals surface area contributed by atoms with Crippen LogP contribution in [0.2, 0.25) is 0 Å². The predicted octanol–water partition coefficient (Wildman–Crippen LogP) is 4.74. The first kappa shape index (κ1) is 21.4. The monoisotopic (exact) mass is 400 g/mol. The van der Waals surface area contributed by atoms with Gasteiger partial charge in [-0.2, -0.15) is 0 Å². The number of hydrogen-bond donors (Lipinski definition) is 2. The predicted molar refractivity (Wildman–Crippen MR) is 115 cm³/mol. The van der Waals surface area contributed by atoms with Gasteiger partial charge in [0, 0.05) is 18.9 Å². The lowest BCUT2D eigenvalue weighted by molar-refractivity contribution is -0.144. The van der Waals surface area contributed by atoms with E-state index >= 15 is 0 Å². The molecular weight excluding hydrogens is 360 g/mol. The number of aliphatic hydroxyl groups is 2. The quantitative estimate of drug-likeness (QED) is 0.531. The van der Waals surface area contributed by atoms with Crippen molar-refractivity contribution >= 4 is 5.78 Å². The Bertz CT molecular complexity index is 704. The Hall–Kier alpha value is -0.850. The van der Waals surface area contributed by atoms with Gasteiger partial charge in [-0.1, -0.05) is 19.8 Å². The standard InChI is InChI=1S/C26H40O3/c1-18(28)21-9-10-22-20-8-7-19-17-26(29,12-5-4-6-16-27)15-14-24(19,2)23(20)11-13-25(21,22)3/h19-23,27,29H,4,6-11,13-17H2,1-3H3/t19-,20-,21+,22-,23-,24-,25+,26+/m0/s1. The van der Waals surface area contributed by atoms with Crippen molar-refractivity contribution in [3.63, 3.8) is 0 Å². The highest BCUT2D eigenvalue weighted by molar-refractivity contribution is 5.79. The average Bonchev–Trinajstić information content (AvgIpc) is 3.04. The minimum absolute atomic E-state index is 0.168. The van der Waals surface area contributed by atoms with Crippen molar-refractivity contribution in [2.45, 2.75) is 97.0 Å². The van der Waals surface area contributed by atoms with Crippen LogP contribution >= 0.6 is 0 Å². The van der Waals surface area contributed by atoms with Gasteiger partial charge in [-0.3, -0.25) is 4.79 Å². The van der Waals surface area contributed by atoms with Crippen LogP contribution in [0.15, 0.2) is 0 Å². The van der Waals surface area contributed by atoms with E-state index in [0.717, 1.165) is 37.5 Å². The summed E-state index contributed by atoms with van der Waals surface area (Å²) in [5, 5.41) is 20.1. The number of fused-ring (bicyclic) bond motifs is 5. The molecule has 4 saturated carbocycles. The minimum atomic E-state index is -0.831. The summed E-state index contributed by atoms with van der Waals surface area (Å²) in [5.41, 5.74) is -0.288. The Balaban J connectivity index is 1.50. The van der Waals surface area contributed by atoms with Crippen LogP contribution in [0.4, 0.5) is 0 Å². The maximum atomic E-state index is 12.3. The fraction of sp³-hybridized carbons (Fsp3) is 0.885. The van der Waals surface area contributed by atoms with Gasteiger partial charge in [0.2, 0.25) is 0 Å². The largest absolute Gasteiger partial charge is 0.396 e. The molecule has 0 amide bonds. The third-order valence-corrected chi connectivity index (χ3v) is 10.00. The first-order valence-corrected chi connectivity index (χ1v) is 12.1. The molecule has 0 aromatic carbocycles. The van der Waals surface area contributed by atoms with Crippen molar-refractivity contribution in [1.29, 1.82) is 0 Å². The van der Waals surface area contributed by atoms with Gasteiger partial charge in [0.05, 0.1) is 0 Å². The molecule has 4 rings (SSSR count). The van der Waals surface area contributed by atoms with Crippen molar-refractivity contribution in [1.82, 2.24) is 0 Å². The molecule has 4 aliphatic rings. The Morgan fingerprint density at radius 3 is 2.48 bits per heavy atom. The molecule has 8 atom stereocenters. The molecule has 29 heavy (non-hydrogen) atoms. The molecule has 0 bridgehead atoms. The number of aliphatic hydroxyl groups excluding tert-OH is 1. The van der Waals surface area contributed by atoms with Gasteiger partial charge < -0.3 is 10.2 Å². The number of hydrogen-bond acceptors (Lipinski definition) is 3. The molecule has 3 heteroatoms. The molecule has 0 aromatic heterocycles. The van der Waals surface area contributed by atoms with E-state index in [1.807, 2.05) is 6.92 Å². The van der Waals surface area contributed by atoms with E-state index in [1.54, 1.807) is 0 Å². The zero-order chi connectivity index (χ0) is 20.9. The third-order valence-electron chi connectivity index (χ3n) is 10.00. The molecule has 4 fully saturated rings. The molecule has 0 heterocycles. The fourth-order valence-electron chi connectivity index (χ4n) is 8.42. The van der Waals surface area contributed by atoms with Crippen LogP contribution in [0.3, 0.4) is 0 Å². The lowest BCUT2D eigenvalue weighted by Crippen LogP contribution is -2.56. The van der Waals surface area contributed by atoms with Crippen molar-refractivity contribution in [3.8, 4) is 11.8 Å². The highest BCUT2D eigenvalue weighted by Crippen LogP contribution is 2.68. The number of carbonyl (C=O) groups excluding carboxylic acids is 1. The number of unbranched alkanes of at least 4 members (excludes halogenated alkanes) is 1. The molecule has 0 spiro atoms. The molecule has 0 unspecified atom stereocenters. The van der Waals surface area contributed by atoms with E-state index in [4.69, 9.17) is 5.11 Å². The lowest BCUT2D eigenvalue weighted by Gasteiger charge is -2.61. The van der Waals surface area contributed by atoms with E-state index in [0.29, 0.717) is 35.9 Å². The average molecular weight is 401 g/mol. The van der Waals surface area contributed by atoms with E-state index in [-0.39, 0.29) is 17.9 Å². The van der Waals surface area contributed by atoms with Crippen molar-refractivity contribution in [3.05, 3.63) is 0 Å². The first-order valence-electron chi connectivity index (χ1n) is 12.1. The van der Waals surface area contributed by atoms with E-state index < -0.39 is 5.60 Å². The molecule has 0 saturated heterocycles. The van der Waals surface area contributed by atoms with Gasteiger partial charge in [0.25, 0.3) is 0 Å². The highest BCUT2D eigenvalue weighted by Gasteiger charge is 2.61. The van der Waals surface area contributed by atoms with Gasteiger partial charge in [-0.05, 0) is 106 Å². The van der Waals surface area contributed by atoms with Crippen molar-refractivity contribution in [2.24, 2.45) is 40.4 Å². The van der Waals surface area contributed by atoms with Gasteiger partial charge >= 0.3 is 0 Å². The second kappa shape index (κ2) is 7.69. The third kappa shape index (κ3) is 3.49. The Morgan fingerprint density at radius 1 is 1.00 bits per heavy atom. The summed E-state index contributed by atoms with van der Waals surface area (Å²) < 4.78 is 0. The molecule has 0 aromatic rings. The normalized spacial score (nSPS) is 48.7. The van der Waals surface area contributed by atoms with Crippen LogP contribution in [0, 0.1) is 52.3 Å². The van der Waals surface area contributed by atoms with Gasteiger partial charge in [0.1, 0.15) is 11.4 Å². The van der Waals surface area contributed by atoms with E-state index in [2.05, 4.69) is 25.7 Å². The molecule has 0 radical (unpaired) electrons. The van der Waals surface area contributed by atoms with Crippen molar-refractivity contribution < 1.29 is 15.0 Å². The minimum Gasteiger partial charge on any atom is -0.396 e. The first-order chi connectivity index (χ1) is 13.7. The second-order valence-corrected chi connectivity index (χ2v) is 11.3. The summed E-state index contributed by atoms with van der Waals surface area (Å²) in [5.74, 6) is 9.77. The molecule has 3 nitrogen and oxygen atoms in total. The van der Waals surface area contributed by atoms with Crippen LogP contribution < -0.4 is 0 Å². The smallest absolute Gasteiger partial charge is 0.133 e. The zero-order valence-electron chi connectivity index (χ0n) is 18.7. The topological polar surface area (TPSA) is 57.5 Å². The molecule has 162 valence electrons. The maximum Gasteiger partial charge on any atom is 0.133 e. The number of carbonyl (C=O) groups is 1. The van der Waals surface area contributed by atoms with Crippen LogP contribution in [0.5, 0.6) is 0 Å². The number of rotatable bonds is 3. The van der Waals surface area contributed by atoms with Gasteiger partial charge in [-0.15, -0.1) is 5.92 Å². The second-order valence-electron chi connectivity index (χ2n) is 11.3. The van der Waals surface area contributed by atoms with Gasteiger partial charge in [0.15, 0.2) is 0 Å². The summed E-state index contributed by atoms with van der Waals surface area (Å²) in [4.78, 5) is 12.3. The lowest BCUT2D eigenvalue weighted by atomic mass is 9.44. The van der Waals surface area contributed by atoms with E-state index in [1.165, 1.54) is 32.1 Å². The molecule has 4 aliphatic carbocycles. The van der Waals surface area contributed by atoms with Crippen LogP contribution in [0.25, 0.3) is 0 Å². The number of Topliss-reactive ketones (excluding diaryl/α,β-unsaturated/α-hetero) is 1. The summed E-state index contributed by atoms with van der Waals surface area (Å²) >= 11 is 0. The fourth-order valence-corrected chi connectivity index (χ4v) is 8.42. The van der Waals surface area contributed by atoms with Crippen LogP contribution in [0.1, 0.15) is 91.4 Å². The Kier molecular flexibility index (Phi) is 5.67. The molecule has 2 N–H and O–H groups in total. The Labute approximate surface area is 177 Å². The van der Waals surface area contributed by atoms with Crippen LogP contribution in [-0.2, 0) is 4.79 Å². The SMILES string of the molecule is CC(=O)[C@H]1CC[C@H]2[C@@H]3CC[C@H]4C[C@@](O)(C#CCCCO)CC[C@]4(C)[C@H]3CC[C@]12C. The maximum absolute atomic E-state index is 12.3. The summed E-state index contributed by atoms with van der Waals surface area (Å²) in [6.45, 7) is 6.91. The summed E-state index contributed by atoms with van der Waals surface area (Å²) in [6, 6.07) is 0.